The van der Waals surface area contributed by atoms with Gasteiger partial charge in [-0.3, -0.25) is 14.4 Å². The predicted molar refractivity (Wildman–Crippen MR) is 352 cm³/mol. The zero-order valence-electron chi connectivity index (χ0n) is 51.7. The average molecular weight is 1110 g/mol. The normalized spacial score (nSPS) is 13.4. The molecule has 6 heteroatoms. The van der Waals surface area contributed by atoms with Gasteiger partial charge in [-0.2, -0.15) is 0 Å². The molecule has 1 unspecified atom stereocenters. The summed E-state index contributed by atoms with van der Waals surface area (Å²) in [7, 11) is 0. The highest BCUT2D eigenvalue weighted by atomic mass is 16.6. The molecule has 0 aliphatic carbocycles. The maximum absolute atomic E-state index is 12.9. The van der Waals surface area contributed by atoms with E-state index in [4.69, 9.17) is 14.2 Å². The number of unbranched alkanes of at least 4 members (excludes halogenated alkanes) is 15. The third-order valence-corrected chi connectivity index (χ3v) is 12.9. The molecule has 0 radical (unpaired) electrons. The van der Waals surface area contributed by atoms with E-state index in [2.05, 4.69) is 203 Å². The molecular weight excluding hydrogens is 997 g/mol. The van der Waals surface area contributed by atoms with Crippen LogP contribution in [0.1, 0.15) is 252 Å². The number of carbonyl (C=O) groups excluding carboxylic acids is 3. The molecule has 81 heavy (non-hydrogen) atoms. The van der Waals surface area contributed by atoms with Gasteiger partial charge in [0.2, 0.25) is 0 Å². The molecule has 452 valence electrons. The molecule has 0 aromatic heterocycles. The standard InChI is InChI=1S/C75H116O6/c1-4-7-10-13-16-19-22-25-28-31-32-33-34-35-36-37-38-39-40-41-42-45-47-50-53-56-59-62-65-68-74(77)80-71-72(81-75(78)69-66-63-60-57-54-51-48-44-30-27-24-21-18-15-12-9-6-3)70-79-73(76)67-64-61-58-55-52-49-46-43-29-26-23-20-17-14-11-8-5-2/h7-12,16-21,25-30,32-33,35-36,38-39,41-42,48,51,57,60,72H,4-6,13-15,22-24,31,34,37,40,43-47,49-50,52-56,58-59,61-71H2,1-3H3/b10-7-,11-8-,12-9-,19-16-,20-17-,21-18-,28-25-,29-26-,30-27-,33-32-,36-35-,39-38-,42-41-,51-48-,60-57-. The fourth-order valence-electron chi connectivity index (χ4n) is 8.18. The van der Waals surface area contributed by atoms with Gasteiger partial charge in [-0.15, -0.1) is 0 Å². The number of hydrogen-bond donors (Lipinski definition) is 0. The van der Waals surface area contributed by atoms with Gasteiger partial charge in [0.25, 0.3) is 0 Å². The van der Waals surface area contributed by atoms with Crippen LogP contribution in [0.2, 0.25) is 0 Å². The second-order valence-corrected chi connectivity index (χ2v) is 20.5. The van der Waals surface area contributed by atoms with E-state index in [-0.39, 0.29) is 37.5 Å². The highest BCUT2D eigenvalue weighted by Crippen LogP contribution is 2.14. The Kier molecular flexibility index (Phi) is 62.5. The summed E-state index contributed by atoms with van der Waals surface area (Å²) in [6.07, 6.45) is 100. The van der Waals surface area contributed by atoms with Gasteiger partial charge in [0.15, 0.2) is 6.10 Å². The van der Waals surface area contributed by atoms with Crippen molar-refractivity contribution in [2.45, 2.75) is 258 Å². The Morgan fingerprint density at radius 2 is 0.457 bits per heavy atom. The Bertz CT molecular complexity index is 1900. The summed E-state index contributed by atoms with van der Waals surface area (Å²) in [5.41, 5.74) is 0. The van der Waals surface area contributed by atoms with Crippen molar-refractivity contribution in [2.24, 2.45) is 0 Å². The van der Waals surface area contributed by atoms with Gasteiger partial charge in [0, 0.05) is 19.3 Å². The van der Waals surface area contributed by atoms with Crippen LogP contribution < -0.4 is 0 Å². The summed E-state index contributed by atoms with van der Waals surface area (Å²) >= 11 is 0. The van der Waals surface area contributed by atoms with Crippen LogP contribution in [0.25, 0.3) is 0 Å². The monoisotopic (exact) mass is 1110 g/mol. The summed E-state index contributed by atoms with van der Waals surface area (Å²) in [4.78, 5) is 38.3. The van der Waals surface area contributed by atoms with E-state index in [9.17, 15) is 14.4 Å². The summed E-state index contributed by atoms with van der Waals surface area (Å²) in [5, 5.41) is 0. The first-order valence-corrected chi connectivity index (χ1v) is 32.3. The number of allylic oxidation sites excluding steroid dienone is 30. The Labute approximate surface area is 497 Å². The first-order chi connectivity index (χ1) is 40.0. The molecule has 0 N–H and O–H groups in total. The average Bonchev–Trinajstić information content (AvgIpc) is 3.47. The Hall–Kier alpha value is -5.49. The molecule has 0 bridgehead atoms. The largest absolute Gasteiger partial charge is 0.462 e. The Morgan fingerprint density at radius 3 is 0.728 bits per heavy atom. The second-order valence-electron chi connectivity index (χ2n) is 20.5. The molecule has 6 nitrogen and oxygen atoms in total. The number of carbonyl (C=O) groups is 3. The molecule has 0 heterocycles. The Balaban J connectivity index is 4.47. The van der Waals surface area contributed by atoms with Crippen LogP contribution in [0.15, 0.2) is 182 Å². The van der Waals surface area contributed by atoms with E-state index in [1.165, 1.54) is 44.9 Å². The van der Waals surface area contributed by atoms with Crippen molar-refractivity contribution in [2.75, 3.05) is 13.2 Å². The third kappa shape index (κ3) is 65.2. The minimum atomic E-state index is -0.829. The van der Waals surface area contributed by atoms with Gasteiger partial charge in [-0.1, -0.05) is 267 Å². The lowest BCUT2D eigenvalue weighted by atomic mass is 10.1. The van der Waals surface area contributed by atoms with Crippen LogP contribution in [0.3, 0.4) is 0 Å². The summed E-state index contributed by atoms with van der Waals surface area (Å²) in [6.45, 7) is 6.23. The van der Waals surface area contributed by atoms with Crippen LogP contribution >= 0.6 is 0 Å². The fraction of sp³-hybridized carbons (Fsp3) is 0.560. The number of ether oxygens (including phenoxy) is 3. The number of esters is 3. The molecule has 0 saturated heterocycles. The smallest absolute Gasteiger partial charge is 0.306 e. The molecule has 0 aliphatic heterocycles. The number of hydrogen-bond acceptors (Lipinski definition) is 6. The van der Waals surface area contributed by atoms with Crippen LogP contribution in [0, 0.1) is 0 Å². The highest BCUT2D eigenvalue weighted by molar-refractivity contribution is 5.71. The van der Waals surface area contributed by atoms with Gasteiger partial charge < -0.3 is 14.2 Å². The molecule has 0 aliphatic rings. The summed E-state index contributed by atoms with van der Waals surface area (Å²) in [5.74, 6) is -1.00. The first-order valence-electron chi connectivity index (χ1n) is 32.3. The van der Waals surface area contributed by atoms with Gasteiger partial charge in [0.1, 0.15) is 13.2 Å². The molecular formula is C75H116O6. The summed E-state index contributed by atoms with van der Waals surface area (Å²) in [6, 6.07) is 0. The van der Waals surface area contributed by atoms with Crippen LogP contribution in [0.4, 0.5) is 0 Å². The zero-order chi connectivity index (χ0) is 58.5. The Morgan fingerprint density at radius 1 is 0.247 bits per heavy atom. The molecule has 1 atom stereocenters. The minimum Gasteiger partial charge on any atom is -0.462 e. The van der Waals surface area contributed by atoms with Crippen molar-refractivity contribution in [3.05, 3.63) is 182 Å². The summed E-state index contributed by atoms with van der Waals surface area (Å²) < 4.78 is 16.9. The van der Waals surface area contributed by atoms with Crippen molar-refractivity contribution < 1.29 is 28.6 Å². The molecule has 0 fully saturated rings. The quantitative estimate of drug-likeness (QED) is 0.0261. The third-order valence-electron chi connectivity index (χ3n) is 12.9. The molecule has 0 rings (SSSR count). The van der Waals surface area contributed by atoms with Crippen molar-refractivity contribution in [1.82, 2.24) is 0 Å². The molecule has 0 spiro atoms. The molecule has 0 aromatic carbocycles. The minimum absolute atomic E-state index is 0.118. The molecule has 0 saturated carbocycles. The van der Waals surface area contributed by atoms with Crippen LogP contribution in [0.5, 0.6) is 0 Å². The highest BCUT2D eigenvalue weighted by Gasteiger charge is 2.19. The van der Waals surface area contributed by atoms with Gasteiger partial charge >= 0.3 is 17.9 Å². The zero-order valence-corrected chi connectivity index (χ0v) is 51.7. The van der Waals surface area contributed by atoms with Crippen molar-refractivity contribution in [1.29, 1.82) is 0 Å². The molecule has 0 amide bonds. The van der Waals surface area contributed by atoms with Crippen molar-refractivity contribution in [3.8, 4) is 0 Å². The lowest BCUT2D eigenvalue weighted by Crippen LogP contribution is -2.30. The van der Waals surface area contributed by atoms with Crippen molar-refractivity contribution >= 4 is 17.9 Å². The van der Waals surface area contributed by atoms with E-state index in [1.807, 2.05) is 0 Å². The van der Waals surface area contributed by atoms with Gasteiger partial charge in [-0.05, 0) is 148 Å². The maximum Gasteiger partial charge on any atom is 0.306 e. The topological polar surface area (TPSA) is 78.9 Å². The van der Waals surface area contributed by atoms with E-state index in [0.29, 0.717) is 19.3 Å². The van der Waals surface area contributed by atoms with Crippen LogP contribution in [-0.4, -0.2) is 37.2 Å². The lowest BCUT2D eigenvalue weighted by Gasteiger charge is -2.18. The SMILES string of the molecule is CC/C=C\C/C=C\C/C=C\C/C=C\C/C=C\C/C=C\C/C=C\CCCCCCCCCC(=O)OCC(COC(=O)CCCCCCCCC/C=C\C/C=C\C/C=C\CC)OC(=O)CCC/C=C\C/C=C\C/C=C\C/C=C\C/C=C\CC. The van der Waals surface area contributed by atoms with Crippen LogP contribution in [-0.2, 0) is 28.6 Å². The predicted octanol–water partition coefficient (Wildman–Crippen LogP) is 22.4. The van der Waals surface area contributed by atoms with Gasteiger partial charge in [0.05, 0.1) is 0 Å². The van der Waals surface area contributed by atoms with E-state index >= 15 is 0 Å². The van der Waals surface area contributed by atoms with Crippen molar-refractivity contribution in [3.63, 3.8) is 0 Å². The fourth-order valence-corrected chi connectivity index (χ4v) is 8.18. The maximum atomic E-state index is 12.9. The first kappa shape index (κ1) is 75.5. The lowest BCUT2D eigenvalue weighted by molar-refractivity contribution is -0.167. The second kappa shape index (κ2) is 67.0. The number of rotatable bonds is 56. The van der Waals surface area contributed by atoms with Gasteiger partial charge in [-0.25, -0.2) is 0 Å². The molecule has 0 aromatic rings. The van der Waals surface area contributed by atoms with E-state index in [1.54, 1.807) is 0 Å². The van der Waals surface area contributed by atoms with E-state index in [0.717, 1.165) is 161 Å². The van der Waals surface area contributed by atoms with E-state index < -0.39 is 6.10 Å².